The average Bonchev–Trinajstić information content (AvgIpc) is 2.44. The monoisotopic (exact) mass is 325 g/mol. The van der Waals surface area contributed by atoms with E-state index in [1.54, 1.807) is 0 Å². The first-order valence-corrected chi connectivity index (χ1v) is 6.00. The zero-order valence-electron chi connectivity index (χ0n) is 7.89. The van der Waals surface area contributed by atoms with Gasteiger partial charge in [-0.1, -0.05) is 0 Å². The van der Waals surface area contributed by atoms with Crippen LogP contribution in [0, 0.1) is 0 Å². The summed E-state index contributed by atoms with van der Waals surface area (Å²) in [6, 6.07) is 2.21. The van der Waals surface area contributed by atoms with E-state index in [0.717, 1.165) is 16.7 Å². The lowest BCUT2D eigenvalue weighted by Crippen LogP contribution is -2.26. The fraction of sp³-hybridized carbons (Fsp3) is 0.556. The molecule has 0 aromatic carbocycles. The van der Waals surface area contributed by atoms with Gasteiger partial charge in [-0.05, 0) is 51.3 Å². The maximum Gasteiger partial charge on any atom is 0.183 e. The van der Waals surface area contributed by atoms with Gasteiger partial charge in [0.1, 0.15) is 5.76 Å². The van der Waals surface area contributed by atoms with Crippen LogP contribution in [0.4, 0.5) is 0 Å². The van der Waals surface area contributed by atoms with Crippen LogP contribution < -0.4 is 5.32 Å². The standard InChI is InChI=1S/C9H13Br2NO2/c1-6(2-3-13)12-5-7-4-8(10)9(11)14-7/h4,6,12-13H,2-3,5H2,1H3. The molecule has 14 heavy (non-hydrogen) atoms. The molecule has 5 heteroatoms. The van der Waals surface area contributed by atoms with Gasteiger partial charge in [0.25, 0.3) is 0 Å². The van der Waals surface area contributed by atoms with Gasteiger partial charge in [-0.3, -0.25) is 0 Å². The predicted molar refractivity (Wildman–Crippen MR) is 62.1 cm³/mol. The van der Waals surface area contributed by atoms with Gasteiger partial charge >= 0.3 is 0 Å². The third kappa shape index (κ3) is 3.73. The van der Waals surface area contributed by atoms with Crippen LogP contribution in [0.25, 0.3) is 0 Å². The van der Waals surface area contributed by atoms with Crippen molar-refractivity contribution < 1.29 is 9.52 Å². The highest BCUT2D eigenvalue weighted by atomic mass is 79.9. The van der Waals surface area contributed by atoms with Crippen molar-refractivity contribution in [1.29, 1.82) is 0 Å². The van der Waals surface area contributed by atoms with Crippen molar-refractivity contribution in [3.05, 3.63) is 21.0 Å². The van der Waals surface area contributed by atoms with Gasteiger partial charge < -0.3 is 14.8 Å². The first-order valence-electron chi connectivity index (χ1n) is 4.41. The Bertz CT molecular complexity index is 269. The smallest absolute Gasteiger partial charge is 0.183 e. The number of aliphatic hydroxyl groups excluding tert-OH is 1. The lowest BCUT2D eigenvalue weighted by atomic mass is 10.2. The molecule has 0 bridgehead atoms. The van der Waals surface area contributed by atoms with Crippen molar-refractivity contribution in [3.8, 4) is 0 Å². The molecule has 1 aromatic rings. The molecule has 2 N–H and O–H groups in total. The van der Waals surface area contributed by atoms with Crippen LogP contribution in [-0.2, 0) is 6.54 Å². The zero-order valence-corrected chi connectivity index (χ0v) is 11.1. The Labute approximate surface area is 100 Å². The van der Waals surface area contributed by atoms with Crippen LogP contribution in [0.2, 0.25) is 0 Å². The molecule has 80 valence electrons. The van der Waals surface area contributed by atoms with Gasteiger partial charge in [0.2, 0.25) is 0 Å². The minimum atomic E-state index is 0.208. The average molecular weight is 327 g/mol. The number of hydrogen-bond acceptors (Lipinski definition) is 3. The van der Waals surface area contributed by atoms with E-state index in [1.807, 2.05) is 13.0 Å². The van der Waals surface area contributed by atoms with Crippen LogP contribution in [0.3, 0.4) is 0 Å². The molecular formula is C9H13Br2NO2. The van der Waals surface area contributed by atoms with E-state index in [0.29, 0.717) is 17.3 Å². The Hall–Kier alpha value is 0.160. The molecule has 0 aliphatic rings. The summed E-state index contributed by atoms with van der Waals surface area (Å²) in [5, 5.41) is 11.9. The quantitative estimate of drug-likeness (QED) is 0.874. The minimum Gasteiger partial charge on any atom is -0.452 e. The highest BCUT2D eigenvalue weighted by Gasteiger charge is 2.07. The summed E-state index contributed by atoms with van der Waals surface area (Å²) >= 11 is 6.62. The Kier molecular flexibility index (Phi) is 5.15. The van der Waals surface area contributed by atoms with E-state index in [-0.39, 0.29) is 6.61 Å². The fourth-order valence-corrected chi connectivity index (χ4v) is 1.71. The molecule has 0 aliphatic heterocycles. The summed E-state index contributed by atoms with van der Waals surface area (Å²) in [5.74, 6) is 0.869. The number of nitrogens with one attached hydrogen (secondary N) is 1. The molecule has 1 aromatic heterocycles. The van der Waals surface area contributed by atoms with Gasteiger partial charge in [-0.2, -0.15) is 0 Å². The predicted octanol–water partition coefficient (Wildman–Crippen LogP) is 2.67. The number of furan rings is 1. The summed E-state index contributed by atoms with van der Waals surface area (Å²) in [7, 11) is 0. The molecule has 3 nitrogen and oxygen atoms in total. The zero-order chi connectivity index (χ0) is 10.6. The second kappa shape index (κ2) is 5.90. The lowest BCUT2D eigenvalue weighted by Gasteiger charge is -2.10. The van der Waals surface area contributed by atoms with E-state index >= 15 is 0 Å². The highest BCUT2D eigenvalue weighted by molar-refractivity contribution is 9.13. The summed E-state index contributed by atoms with van der Waals surface area (Å²) < 4.78 is 7.02. The first-order chi connectivity index (χ1) is 6.63. The molecule has 0 radical (unpaired) electrons. The molecule has 1 rings (SSSR count). The molecule has 0 spiro atoms. The molecule has 0 fully saturated rings. The van der Waals surface area contributed by atoms with Crippen molar-refractivity contribution in [3.63, 3.8) is 0 Å². The minimum absolute atomic E-state index is 0.208. The molecule has 0 amide bonds. The van der Waals surface area contributed by atoms with Crippen molar-refractivity contribution in [2.24, 2.45) is 0 Å². The van der Waals surface area contributed by atoms with Crippen LogP contribution in [-0.4, -0.2) is 17.8 Å². The SMILES string of the molecule is CC(CCO)NCc1cc(Br)c(Br)o1. The van der Waals surface area contributed by atoms with E-state index in [9.17, 15) is 0 Å². The van der Waals surface area contributed by atoms with Gasteiger partial charge in [0, 0.05) is 12.6 Å². The number of rotatable bonds is 5. The van der Waals surface area contributed by atoms with E-state index in [2.05, 4.69) is 37.2 Å². The van der Waals surface area contributed by atoms with Gasteiger partial charge in [0.15, 0.2) is 4.67 Å². The van der Waals surface area contributed by atoms with E-state index in [1.165, 1.54) is 0 Å². The Morgan fingerprint density at radius 3 is 2.79 bits per heavy atom. The van der Waals surface area contributed by atoms with E-state index < -0.39 is 0 Å². The van der Waals surface area contributed by atoms with Crippen molar-refractivity contribution in [2.75, 3.05) is 6.61 Å². The molecule has 1 atom stereocenters. The highest BCUT2D eigenvalue weighted by Crippen LogP contribution is 2.26. The molecule has 0 saturated carbocycles. The van der Waals surface area contributed by atoms with Crippen LogP contribution in [0.15, 0.2) is 19.6 Å². The third-order valence-corrected chi connectivity index (χ3v) is 3.59. The Morgan fingerprint density at radius 1 is 1.57 bits per heavy atom. The number of halogens is 2. The first kappa shape index (κ1) is 12.2. The summed E-state index contributed by atoms with van der Waals surface area (Å²) in [6.07, 6.45) is 0.753. The van der Waals surface area contributed by atoms with Gasteiger partial charge in [-0.15, -0.1) is 0 Å². The molecular weight excluding hydrogens is 314 g/mol. The normalized spacial score (nSPS) is 13.1. The largest absolute Gasteiger partial charge is 0.452 e. The molecule has 0 aliphatic carbocycles. The fourth-order valence-electron chi connectivity index (χ4n) is 1.05. The second-order valence-corrected chi connectivity index (χ2v) is 4.70. The van der Waals surface area contributed by atoms with Crippen LogP contribution in [0.5, 0.6) is 0 Å². The van der Waals surface area contributed by atoms with Gasteiger partial charge in [0.05, 0.1) is 11.0 Å². The maximum absolute atomic E-state index is 8.70. The Morgan fingerprint density at radius 2 is 2.29 bits per heavy atom. The maximum atomic E-state index is 8.70. The summed E-state index contributed by atoms with van der Waals surface area (Å²) in [6.45, 7) is 2.91. The Balaban J connectivity index is 2.38. The van der Waals surface area contributed by atoms with Crippen LogP contribution >= 0.6 is 31.9 Å². The number of aliphatic hydroxyl groups is 1. The summed E-state index contributed by atoms with van der Waals surface area (Å²) in [4.78, 5) is 0. The second-order valence-electron chi connectivity index (χ2n) is 3.13. The van der Waals surface area contributed by atoms with Crippen LogP contribution in [0.1, 0.15) is 19.1 Å². The van der Waals surface area contributed by atoms with Gasteiger partial charge in [-0.25, -0.2) is 0 Å². The number of hydrogen-bond donors (Lipinski definition) is 2. The lowest BCUT2D eigenvalue weighted by molar-refractivity contribution is 0.267. The van der Waals surface area contributed by atoms with Crippen molar-refractivity contribution >= 4 is 31.9 Å². The molecule has 1 unspecified atom stereocenters. The van der Waals surface area contributed by atoms with Crippen molar-refractivity contribution in [1.82, 2.24) is 5.32 Å². The molecule has 1 heterocycles. The summed E-state index contributed by atoms with van der Waals surface area (Å²) in [5.41, 5.74) is 0. The molecule has 0 saturated heterocycles. The van der Waals surface area contributed by atoms with E-state index in [4.69, 9.17) is 9.52 Å². The van der Waals surface area contributed by atoms with Crippen molar-refractivity contribution in [2.45, 2.75) is 25.9 Å². The topological polar surface area (TPSA) is 45.4 Å². The third-order valence-electron chi connectivity index (χ3n) is 1.88.